The number of carboxylic acids is 1. The molecule has 0 rings (SSSR count). The summed E-state index contributed by atoms with van der Waals surface area (Å²) in [5.41, 5.74) is 0. The Labute approximate surface area is 266 Å². The largest absolute Gasteiger partial charge is 0.481 e. The fourth-order valence-electron chi connectivity index (χ4n) is 6.57. The molecule has 1 N–H and O–H groups in total. The van der Waals surface area contributed by atoms with Crippen molar-refractivity contribution in [1.82, 2.24) is 0 Å². The molecule has 0 heterocycles. The van der Waals surface area contributed by atoms with Crippen LogP contribution in [0.4, 0.5) is 0 Å². The van der Waals surface area contributed by atoms with Gasteiger partial charge in [0.1, 0.15) is 0 Å². The summed E-state index contributed by atoms with van der Waals surface area (Å²) >= 11 is 0. The van der Waals surface area contributed by atoms with Gasteiger partial charge in [0.25, 0.3) is 0 Å². The van der Waals surface area contributed by atoms with Gasteiger partial charge < -0.3 is 5.11 Å². The second kappa shape index (κ2) is 35.0. The van der Waals surface area contributed by atoms with E-state index in [2.05, 4.69) is 20.8 Å². The summed E-state index contributed by atoms with van der Waals surface area (Å²) in [6, 6.07) is 0. The van der Waals surface area contributed by atoms with E-state index in [0.29, 0.717) is 0 Å². The highest BCUT2D eigenvalue weighted by Crippen LogP contribution is 2.21. The molecule has 2 nitrogen and oxygen atoms in total. The van der Waals surface area contributed by atoms with Crippen molar-refractivity contribution < 1.29 is 9.90 Å². The van der Waals surface area contributed by atoms with Crippen LogP contribution in [0, 0.1) is 11.8 Å². The van der Waals surface area contributed by atoms with E-state index in [-0.39, 0.29) is 5.92 Å². The van der Waals surface area contributed by atoms with Crippen LogP contribution in [0.15, 0.2) is 0 Å². The van der Waals surface area contributed by atoms with E-state index in [1.54, 1.807) is 0 Å². The van der Waals surface area contributed by atoms with E-state index < -0.39 is 5.97 Å². The molecule has 1 unspecified atom stereocenters. The highest BCUT2D eigenvalue weighted by atomic mass is 16.4. The lowest BCUT2D eigenvalue weighted by Crippen LogP contribution is -2.13. The molecule has 0 aromatic heterocycles. The highest BCUT2D eigenvalue weighted by Gasteiger charge is 2.16. The van der Waals surface area contributed by atoms with Gasteiger partial charge in [-0.2, -0.15) is 0 Å². The van der Waals surface area contributed by atoms with Crippen molar-refractivity contribution in [3.63, 3.8) is 0 Å². The first-order valence-corrected chi connectivity index (χ1v) is 19.8. The van der Waals surface area contributed by atoms with Gasteiger partial charge >= 0.3 is 5.97 Å². The Morgan fingerprint density at radius 2 is 0.595 bits per heavy atom. The normalized spacial score (nSPS) is 12.4. The molecule has 0 radical (unpaired) electrons. The second-order valence-corrected chi connectivity index (χ2v) is 14.4. The van der Waals surface area contributed by atoms with Crippen molar-refractivity contribution in [2.45, 2.75) is 239 Å². The first-order valence-electron chi connectivity index (χ1n) is 19.8. The minimum atomic E-state index is -0.554. The maximum absolute atomic E-state index is 11.7. The number of hydrogen-bond acceptors (Lipinski definition) is 1. The zero-order valence-electron chi connectivity index (χ0n) is 29.6. The van der Waals surface area contributed by atoms with Gasteiger partial charge in [0, 0.05) is 0 Å². The number of carbonyl (C=O) groups is 1. The van der Waals surface area contributed by atoms with Gasteiger partial charge in [-0.25, -0.2) is 0 Å². The summed E-state index contributed by atoms with van der Waals surface area (Å²) in [5.74, 6) is 0.205. The smallest absolute Gasteiger partial charge is 0.306 e. The summed E-state index contributed by atoms with van der Waals surface area (Å²) in [6.45, 7) is 6.95. The lowest BCUT2D eigenvalue weighted by atomic mass is 9.94. The molecular weight excluding hydrogens is 512 g/mol. The lowest BCUT2D eigenvalue weighted by Gasteiger charge is -2.12. The van der Waals surface area contributed by atoms with E-state index in [1.165, 1.54) is 193 Å². The monoisotopic (exact) mass is 593 g/mol. The molecule has 0 aromatic carbocycles. The van der Waals surface area contributed by atoms with Crippen molar-refractivity contribution in [3.8, 4) is 0 Å². The average Bonchev–Trinajstić information content (AvgIpc) is 2.97. The van der Waals surface area contributed by atoms with E-state index in [9.17, 15) is 9.90 Å². The molecule has 0 aliphatic rings. The van der Waals surface area contributed by atoms with Gasteiger partial charge in [-0.05, 0) is 18.8 Å². The summed E-state index contributed by atoms with van der Waals surface area (Å²) in [4.78, 5) is 11.7. The number of carboxylic acid groups (broad SMARTS) is 1. The third kappa shape index (κ3) is 34.0. The van der Waals surface area contributed by atoms with Gasteiger partial charge in [0.05, 0.1) is 5.92 Å². The van der Waals surface area contributed by atoms with Crippen LogP contribution < -0.4 is 0 Å². The van der Waals surface area contributed by atoms with Crippen LogP contribution in [0.3, 0.4) is 0 Å². The van der Waals surface area contributed by atoms with Crippen LogP contribution in [-0.2, 0) is 4.79 Å². The fourth-order valence-corrected chi connectivity index (χ4v) is 6.57. The first-order chi connectivity index (χ1) is 20.6. The van der Waals surface area contributed by atoms with Gasteiger partial charge in [-0.3, -0.25) is 4.79 Å². The van der Waals surface area contributed by atoms with Crippen molar-refractivity contribution in [3.05, 3.63) is 0 Å². The molecule has 0 amide bonds. The second-order valence-electron chi connectivity index (χ2n) is 14.4. The maximum atomic E-state index is 11.7. The minimum Gasteiger partial charge on any atom is -0.481 e. The van der Waals surface area contributed by atoms with Crippen LogP contribution in [0.25, 0.3) is 0 Å². The molecule has 0 fully saturated rings. The zero-order chi connectivity index (χ0) is 30.8. The van der Waals surface area contributed by atoms with Crippen molar-refractivity contribution in [1.29, 1.82) is 0 Å². The van der Waals surface area contributed by atoms with Crippen molar-refractivity contribution >= 4 is 5.97 Å². The Hall–Kier alpha value is -0.530. The molecule has 42 heavy (non-hydrogen) atoms. The molecule has 0 saturated heterocycles. The number of aliphatic carboxylic acids is 1. The van der Waals surface area contributed by atoms with Crippen LogP contribution in [0.1, 0.15) is 239 Å². The van der Waals surface area contributed by atoms with Gasteiger partial charge in [-0.15, -0.1) is 0 Å². The highest BCUT2D eigenvalue weighted by molar-refractivity contribution is 5.69. The average molecular weight is 593 g/mol. The first kappa shape index (κ1) is 41.5. The van der Waals surface area contributed by atoms with Crippen LogP contribution in [-0.4, -0.2) is 11.1 Å². The van der Waals surface area contributed by atoms with Gasteiger partial charge in [0.15, 0.2) is 0 Å². The Bertz CT molecular complexity index is 514. The van der Waals surface area contributed by atoms with Gasteiger partial charge in [-0.1, -0.05) is 226 Å². The number of unbranched alkanes of at least 4 members (excludes halogenated alkanes) is 29. The lowest BCUT2D eigenvalue weighted by molar-refractivity contribution is -0.142. The molecule has 0 bridgehead atoms. The Kier molecular flexibility index (Phi) is 34.5. The molecule has 0 aromatic rings. The zero-order valence-corrected chi connectivity index (χ0v) is 29.6. The number of hydrogen-bond donors (Lipinski definition) is 1. The molecule has 1 atom stereocenters. The van der Waals surface area contributed by atoms with Gasteiger partial charge in [0.2, 0.25) is 0 Å². The minimum absolute atomic E-state index is 0.101. The molecule has 0 saturated carbocycles. The predicted molar refractivity (Wildman–Crippen MR) is 189 cm³/mol. The molecule has 0 aliphatic heterocycles. The third-order valence-electron chi connectivity index (χ3n) is 9.59. The van der Waals surface area contributed by atoms with Crippen molar-refractivity contribution in [2.75, 3.05) is 0 Å². The van der Waals surface area contributed by atoms with Crippen molar-refractivity contribution in [2.24, 2.45) is 11.8 Å². The standard InChI is InChI=1S/C40H80O2/c1-4-5-6-7-8-9-10-11-12-13-14-15-16-17-18-21-24-27-30-33-36-39(40(41)42)37-34-31-28-25-22-19-20-23-26-29-32-35-38(2)3/h38-39H,4-37H2,1-3H3,(H,41,42). The summed E-state index contributed by atoms with van der Waals surface area (Å²) in [7, 11) is 0. The molecule has 252 valence electrons. The van der Waals surface area contributed by atoms with E-state index in [1.807, 2.05) is 0 Å². The Balaban J connectivity index is 3.36. The van der Waals surface area contributed by atoms with E-state index in [4.69, 9.17) is 0 Å². The summed E-state index contributed by atoms with van der Waals surface area (Å²) < 4.78 is 0. The summed E-state index contributed by atoms with van der Waals surface area (Å²) in [5, 5.41) is 9.64. The fraction of sp³-hybridized carbons (Fsp3) is 0.975. The molecule has 0 spiro atoms. The Morgan fingerprint density at radius 3 is 0.810 bits per heavy atom. The maximum Gasteiger partial charge on any atom is 0.306 e. The predicted octanol–water partition coefficient (Wildman–Crippen LogP) is 14.6. The van der Waals surface area contributed by atoms with E-state index in [0.717, 1.165) is 31.6 Å². The number of rotatable bonds is 36. The van der Waals surface area contributed by atoms with Crippen LogP contribution in [0.2, 0.25) is 0 Å². The quantitative estimate of drug-likeness (QED) is 0.0735. The molecular formula is C40H80O2. The molecule has 2 heteroatoms. The molecule has 0 aliphatic carbocycles. The SMILES string of the molecule is CCCCCCCCCCCCCCCCCCCCCCC(CCCCCCCCCCCCCC(C)C)C(=O)O. The third-order valence-corrected chi connectivity index (χ3v) is 9.59. The van der Waals surface area contributed by atoms with Crippen LogP contribution in [0.5, 0.6) is 0 Å². The Morgan fingerprint density at radius 1 is 0.381 bits per heavy atom. The topological polar surface area (TPSA) is 37.3 Å². The summed E-state index contributed by atoms with van der Waals surface area (Å²) in [6.07, 6.45) is 45.8. The van der Waals surface area contributed by atoms with E-state index >= 15 is 0 Å². The van der Waals surface area contributed by atoms with Crippen LogP contribution >= 0.6 is 0 Å².